The van der Waals surface area contributed by atoms with E-state index in [1.165, 1.54) is 0 Å². The van der Waals surface area contributed by atoms with Crippen LogP contribution in [0.25, 0.3) is 6.08 Å². The summed E-state index contributed by atoms with van der Waals surface area (Å²) >= 11 is 0. The van der Waals surface area contributed by atoms with Crippen LogP contribution in [-0.2, 0) is 4.84 Å². The van der Waals surface area contributed by atoms with Crippen LogP contribution in [0.2, 0.25) is 0 Å². The van der Waals surface area contributed by atoms with E-state index in [4.69, 9.17) is 9.57 Å². The molecule has 0 unspecified atom stereocenters. The summed E-state index contributed by atoms with van der Waals surface area (Å²) in [6, 6.07) is 17.8. The number of hydrogen-bond donors (Lipinski definition) is 0. The third-order valence-electron chi connectivity index (χ3n) is 3.10. The molecule has 0 aromatic heterocycles. The molecule has 0 bridgehead atoms. The van der Waals surface area contributed by atoms with E-state index >= 15 is 0 Å². The van der Waals surface area contributed by atoms with Crippen molar-refractivity contribution >= 4 is 12.3 Å². The average molecular weight is 295 g/mol. The number of oxime groups is 1. The highest BCUT2D eigenvalue weighted by molar-refractivity contribution is 5.83. The molecule has 0 amide bonds. The monoisotopic (exact) mass is 295 g/mol. The summed E-state index contributed by atoms with van der Waals surface area (Å²) in [7, 11) is 1.64. The lowest BCUT2D eigenvalue weighted by Gasteiger charge is -2.17. The maximum absolute atomic E-state index is 5.58. The fraction of sp³-hybridized carbons (Fsp3) is 0.211. The molecule has 114 valence electrons. The Labute approximate surface area is 131 Å². The molecule has 0 radical (unpaired) electrons. The summed E-state index contributed by atoms with van der Waals surface area (Å²) in [6.45, 7) is 3.93. The first kappa shape index (κ1) is 15.8. The highest BCUT2D eigenvalue weighted by atomic mass is 16.6. The summed E-state index contributed by atoms with van der Waals surface area (Å²) in [5, 5.41) is 4.08. The first-order valence-corrected chi connectivity index (χ1v) is 7.19. The summed E-state index contributed by atoms with van der Waals surface area (Å²) in [4.78, 5) is 5.58. The van der Waals surface area contributed by atoms with Gasteiger partial charge in [-0.15, -0.1) is 0 Å². The molecule has 0 N–H and O–H groups in total. The van der Waals surface area contributed by atoms with Gasteiger partial charge >= 0.3 is 0 Å². The summed E-state index contributed by atoms with van der Waals surface area (Å²) < 4.78 is 5.27. The van der Waals surface area contributed by atoms with E-state index in [1.807, 2.05) is 80.6 Å². The zero-order valence-electron chi connectivity index (χ0n) is 13.2. The number of benzene rings is 2. The predicted molar refractivity (Wildman–Crippen MR) is 91.2 cm³/mol. The highest BCUT2D eigenvalue weighted by Gasteiger charge is 2.14. The van der Waals surface area contributed by atoms with Crippen LogP contribution in [0.15, 0.2) is 65.8 Å². The van der Waals surface area contributed by atoms with Crippen molar-refractivity contribution < 1.29 is 9.57 Å². The van der Waals surface area contributed by atoms with Crippen molar-refractivity contribution in [1.29, 1.82) is 0 Å². The molecule has 0 fully saturated rings. The molecule has 3 heteroatoms. The third-order valence-corrected chi connectivity index (χ3v) is 3.10. The van der Waals surface area contributed by atoms with Crippen LogP contribution in [0.1, 0.15) is 25.0 Å². The van der Waals surface area contributed by atoms with Crippen molar-refractivity contribution in [2.24, 2.45) is 5.16 Å². The third kappa shape index (κ3) is 4.77. The van der Waals surface area contributed by atoms with Crippen molar-refractivity contribution in [2.45, 2.75) is 19.4 Å². The summed E-state index contributed by atoms with van der Waals surface area (Å²) in [5.74, 6) is 0.771. The standard InChI is InChI=1S/C19H21NO2/c1-19(2,14-13-16-9-5-4-6-10-16)22-20-15-17-11-7-8-12-18(17)21-3/h4-15H,1-3H3/b14-13+,20-15+. The van der Waals surface area contributed by atoms with Crippen LogP contribution in [-0.4, -0.2) is 18.9 Å². The number of para-hydroxylation sites is 1. The molecular formula is C19H21NO2. The topological polar surface area (TPSA) is 30.8 Å². The number of ether oxygens (including phenoxy) is 1. The highest BCUT2D eigenvalue weighted by Crippen LogP contribution is 2.17. The van der Waals surface area contributed by atoms with Crippen molar-refractivity contribution in [3.8, 4) is 5.75 Å². The minimum absolute atomic E-state index is 0.492. The van der Waals surface area contributed by atoms with E-state index in [9.17, 15) is 0 Å². The molecule has 0 aliphatic heterocycles. The van der Waals surface area contributed by atoms with Gasteiger partial charge in [0, 0.05) is 5.56 Å². The summed E-state index contributed by atoms with van der Waals surface area (Å²) in [6.07, 6.45) is 5.68. The minimum atomic E-state index is -0.492. The lowest BCUT2D eigenvalue weighted by Crippen LogP contribution is -2.18. The largest absolute Gasteiger partial charge is 0.496 e. The fourth-order valence-corrected chi connectivity index (χ4v) is 1.88. The Kier molecular flexibility index (Phi) is 5.37. The number of rotatable bonds is 6. The Balaban J connectivity index is 2.00. The Morgan fingerprint density at radius 1 is 0.955 bits per heavy atom. The van der Waals surface area contributed by atoms with Gasteiger partial charge in [0.15, 0.2) is 5.60 Å². The first-order chi connectivity index (χ1) is 10.6. The van der Waals surface area contributed by atoms with Gasteiger partial charge in [0.05, 0.1) is 13.3 Å². The van der Waals surface area contributed by atoms with E-state index in [0.29, 0.717) is 0 Å². The smallest absolute Gasteiger partial charge is 0.150 e. The minimum Gasteiger partial charge on any atom is -0.496 e. The van der Waals surface area contributed by atoms with Gasteiger partial charge in [0.2, 0.25) is 0 Å². The Bertz CT molecular complexity index is 645. The molecule has 0 atom stereocenters. The normalized spacial score (nSPS) is 12.0. The number of nitrogens with zero attached hydrogens (tertiary/aromatic N) is 1. The quantitative estimate of drug-likeness (QED) is 0.578. The van der Waals surface area contributed by atoms with Crippen molar-refractivity contribution in [2.75, 3.05) is 7.11 Å². The molecule has 3 nitrogen and oxygen atoms in total. The Hall–Kier alpha value is -2.55. The molecule has 0 aliphatic rings. The van der Waals surface area contributed by atoms with E-state index in [-0.39, 0.29) is 0 Å². The van der Waals surface area contributed by atoms with Crippen LogP contribution < -0.4 is 4.74 Å². The Morgan fingerprint density at radius 3 is 2.36 bits per heavy atom. The molecule has 0 saturated carbocycles. The van der Waals surface area contributed by atoms with Crippen molar-refractivity contribution in [1.82, 2.24) is 0 Å². The average Bonchev–Trinajstić information content (AvgIpc) is 2.54. The number of methoxy groups -OCH3 is 1. The second-order valence-electron chi connectivity index (χ2n) is 5.42. The lowest BCUT2D eigenvalue weighted by atomic mass is 10.1. The second-order valence-corrected chi connectivity index (χ2v) is 5.42. The molecule has 2 aromatic rings. The van der Waals surface area contributed by atoms with Crippen LogP contribution >= 0.6 is 0 Å². The Morgan fingerprint density at radius 2 is 1.64 bits per heavy atom. The first-order valence-electron chi connectivity index (χ1n) is 7.19. The fourth-order valence-electron chi connectivity index (χ4n) is 1.88. The predicted octanol–water partition coefficient (Wildman–Crippen LogP) is 4.54. The van der Waals surface area contributed by atoms with Crippen molar-refractivity contribution in [3.63, 3.8) is 0 Å². The summed E-state index contributed by atoms with van der Waals surface area (Å²) in [5.41, 5.74) is 1.52. The van der Waals surface area contributed by atoms with Gasteiger partial charge < -0.3 is 9.57 Å². The van der Waals surface area contributed by atoms with E-state index in [0.717, 1.165) is 16.9 Å². The van der Waals surface area contributed by atoms with E-state index < -0.39 is 5.60 Å². The van der Waals surface area contributed by atoms with Gasteiger partial charge in [-0.2, -0.15) is 0 Å². The van der Waals surface area contributed by atoms with Crippen molar-refractivity contribution in [3.05, 3.63) is 71.8 Å². The maximum atomic E-state index is 5.58. The van der Waals surface area contributed by atoms with E-state index in [2.05, 4.69) is 5.16 Å². The molecule has 2 rings (SSSR count). The molecule has 0 saturated heterocycles. The van der Waals surface area contributed by atoms with Crippen LogP contribution in [0.3, 0.4) is 0 Å². The molecule has 0 heterocycles. The lowest BCUT2D eigenvalue weighted by molar-refractivity contribution is 0.0259. The maximum Gasteiger partial charge on any atom is 0.150 e. The zero-order valence-corrected chi connectivity index (χ0v) is 13.2. The van der Waals surface area contributed by atoms with Gasteiger partial charge in [0.25, 0.3) is 0 Å². The van der Waals surface area contributed by atoms with Crippen LogP contribution in [0.4, 0.5) is 0 Å². The number of hydrogen-bond acceptors (Lipinski definition) is 3. The molecule has 0 aliphatic carbocycles. The SMILES string of the molecule is COc1ccccc1/C=N/OC(C)(C)/C=C/c1ccccc1. The van der Waals surface area contributed by atoms with Crippen LogP contribution in [0.5, 0.6) is 5.75 Å². The molecule has 2 aromatic carbocycles. The molecule has 0 spiro atoms. The molecular weight excluding hydrogens is 274 g/mol. The van der Waals surface area contributed by atoms with E-state index in [1.54, 1.807) is 13.3 Å². The van der Waals surface area contributed by atoms with Gasteiger partial charge in [-0.1, -0.05) is 53.7 Å². The second kappa shape index (κ2) is 7.46. The van der Waals surface area contributed by atoms with Gasteiger partial charge in [-0.05, 0) is 37.6 Å². The van der Waals surface area contributed by atoms with Gasteiger partial charge in [0.1, 0.15) is 5.75 Å². The zero-order chi connectivity index (χ0) is 15.8. The van der Waals surface area contributed by atoms with Gasteiger partial charge in [-0.3, -0.25) is 0 Å². The van der Waals surface area contributed by atoms with Gasteiger partial charge in [-0.25, -0.2) is 0 Å². The van der Waals surface area contributed by atoms with Crippen LogP contribution in [0, 0.1) is 0 Å². The molecule has 22 heavy (non-hydrogen) atoms.